The van der Waals surface area contributed by atoms with Crippen LogP contribution in [0.4, 0.5) is 11.5 Å². The third-order valence-electron chi connectivity index (χ3n) is 3.97. The minimum atomic E-state index is -0.0854. The lowest BCUT2D eigenvalue weighted by atomic mass is 10.2. The van der Waals surface area contributed by atoms with Gasteiger partial charge in [-0.05, 0) is 19.1 Å². The van der Waals surface area contributed by atoms with Gasteiger partial charge in [0.2, 0.25) is 0 Å². The highest BCUT2D eigenvalue weighted by Gasteiger charge is 2.27. The van der Waals surface area contributed by atoms with Crippen molar-refractivity contribution in [1.82, 2.24) is 9.88 Å². The van der Waals surface area contributed by atoms with Gasteiger partial charge in [0, 0.05) is 37.3 Å². The van der Waals surface area contributed by atoms with Crippen molar-refractivity contribution in [1.29, 1.82) is 5.26 Å². The van der Waals surface area contributed by atoms with E-state index < -0.39 is 0 Å². The topological polar surface area (TPSA) is 86.2 Å². The number of anilines is 2. The van der Waals surface area contributed by atoms with Crippen LogP contribution in [0, 0.1) is 18.3 Å². The summed E-state index contributed by atoms with van der Waals surface area (Å²) in [5.74, 6) is 0.843. The first-order valence-corrected chi connectivity index (χ1v) is 8.17. The molecule has 0 bridgehead atoms. The standard InChI is InChI=1S/C16H17N5OS/c1-11-12(10-17)14(18)15(23-11)16(22)21-8-6-20(7-9-21)13-4-2-3-5-19-13/h2-5H,6-9,18H2,1H3. The number of rotatable bonds is 2. The Kier molecular flexibility index (Phi) is 4.17. The lowest BCUT2D eigenvalue weighted by Crippen LogP contribution is -2.49. The summed E-state index contributed by atoms with van der Waals surface area (Å²) in [6.45, 7) is 4.52. The third kappa shape index (κ3) is 2.85. The van der Waals surface area contributed by atoms with E-state index in [2.05, 4.69) is 16.0 Å². The molecular formula is C16H17N5OS. The average molecular weight is 327 g/mol. The molecule has 7 heteroatoms. The van der Waals surface area contributed by atoms with Crippen LogP contribution in [0.3, 0.4) is 0 Å². The molecule has 2 N–H and O–H groups in total. The Balaban J connectivity index is 1.71. The minimum absolute atomic E-state index is 0.0854. The van der Waals surface area contributed by atoms with E-state index in [1.54, 1.807) is 11.1 Å². The van der Waals surface area contributed by atoms with Crippen molar-refractivity contribution in [2.45, 2.75) is 6.92 Å². The summed E-state index contributed by atoms with van der Waals surface area (Å²) in [5.41, 5.74) is 6.69. The van der Waals surface area contributed by atoms with Gasteiger partial charge in [-0.15, -0.1) is 11.3 Å². The van der Waals surface area contributed by atoms with Crippen LogP contribution in [-0.2, 0) is 0 Å². The first-order valence-electron chi connectivity index (χ1n) is 7.36. The molecule has 0 aliphatic carbocycles. The Hall–Kier alpha value is -2.59. The van der Waals surface area contributed by atoms with Crippen molar-refractivity contribution in [2.24, 2.45) is 0 Å². The number of thiophene rings is 1. The van der Waals surface area contributed by atoms with Crippen LogP contribution in [0.15, 0.2) is 24.4 Å². The smallest absolute Gasteiger partial charge is 0.266 e. The molecule has 2 aromatic rings. The molecule has 6 nitrogen and oxygen atoms in total. The van der Waals surface area contributed by atoms with Crippen molar-refractivity contribution < 1.29 is 4.79 Å². The van der Waals surface area contributed by atoms with Gasteiger partial charge in [0.1, 0.15) is 16.8 Å². The molecule has 3 rings (SSSR count). The summed E-state index contributed by atoms with van der Waals surface area (Å²) >= 11 is 1.30. The van der Waals surface area contributed by atoms with Gasteiger partial charge in [-0.3, -0.25) is 4.79 Å². The number of nitrogens with zero attached hydrogens (tertiary/aromatic N) is 4. The number of nitriles is 1. The van der Waals surface area contributed by atoms with Gasteiger partial charge < -0.3 is 15.5 Å². The van der Waals surface area contributed by atoms with Gasteiger partial charge in [0.05, 0.1) is 11.3 Å². The highest BCUT2D eigenvalue weighted by molar-refractivity contribution is 7.14. The van der Waals surface area contributed by atoms with Crippen LogP contribution in [0.25, 0.3) is 0 Å². The summed E-state index contributed by atoms with van der Waals surface area (Å²) < 4.78 is 0. The van der Waals surface area contributed by atoms with Gasteiger partial charge in [0.15, 0.2) is 0 Å². The van der Waals surface area contributed by atoms with E-state index in [0.717, 1.165) is 23.8 Å². The Labute approximate surface area is 138 Å². The predicted octanol–water partition coefficient (Wildman–Crippen LogP) is 1.87. The number of hydrogen-bond acceptors (Lipinski definition) is 6. The summed E-state index contributed by atoms with van der Waals surface area (Å²) in [6, 6.07) is 7.88. The molecule has 1 amide bonds. The molecule has 0 spiro atoms. The van der Waals surface area contributed by atoms with Crippen molar-refractivity contribution in [3.8, 4) is 6.07 Å². The maximum absolute atomic E-state index is 12.7. The number of nitrogens with two attached hydrogens (primary N) is 1. The quantitative estimate of drug-likeness (QED) is 0.910. The number of piperazine rings is 1. The van der Waals surface area contributed by atoms with Crippen LogP contribution < -0.4 is 10.6 Å². The second kappa shape index (κ2) is 6.26. The summed E-state index contributed by atoms with van der Waals surface area (Å²) in [4.78, 5) is 22.2. The van der Waals surface area contributed by atoms with Crippen LogP contribution in [0.5, 0.6) is 0 Å². The van der Waals surface area contributed by atoms with E-state index in [9.17, 15) is 4.79 Å². The maximum Gasteiger partial charge on any atom is 0.266 e. The molecule has 0 aromatic carbocycles. The Morgan fingerprint density at radius 1 is 1.35 bits per heavy atom. The van der Waals surface area contributed by atoms with Gasteiger partial charge in [0.25, 0.3) is 5.91 Å². The molecule has 118 valence electrons. The van der Waals surface area contributed by atoms with E-state index >= 15 is 0 Å². The highest BCUT2D eigenvalue weighted by atomic mass is 32.1. The van der Waals surface area contributed by atoms with E-state index in [0.29, 0.717) is 29.2 Å². The van der Waals surface area contributed by atoms with Crippen LogP contribution in [-0.4, -0.2) is 42.0 Å². The van der Waals surface area contributed by atoms with Crippen molar-refractivity contribution in [3.63, 3.8) is 0 Å². The van der Waals surface area contributed by atoms with Crippen molar-refractivity contribution >= 4 is 28.7 Å². The lowest BCUT2D eigenvalue weighted by Gasteiger charge is -2.35. The molecule has 0 saturated carbocycles. The molecule has 1 aliphatic rings. The molecule has 0 radical (unpaired) electrons. The summed E-state index contributed by atoms with van der Waals surface area (Å²) in [5, 5.41) is 9.10. The van der Waals surface area contributed by atoms with Gasteiger partial charge in [-0.2, -0.15) is 5.26 Å². The van der Waals surface area contributed by atoms with E-state index in [1.807, 2.05) is 25.1 Å². The Morgan fingerprint density at radius 3 is 2.65 bits per heavy atom. The maximum atomic E-state index is 12.7. The number of amides is 1. The fraction of sp³-hybridized carbons (Fsp3) is 0.312. The Morgan fingerprint density at radius 2 is 2.09 bits per heavy atom. The normalized spacial score (nSPS) is 14.6. The first-order chi connectivity index (χ1) is 11.1. The Bertz CT molecular complexity index is 757. The summed E-state index contributed by atoms with van der Waals surface area (Å²) in [7, 11) is 0. The van der Waals surface area contributed by atoms with Gasteiger partial charge >= 0.3 is 0 Å². The van der Waals surface area contributed by atoms with E-state index in [-0.39, 0.29) is 5.91 Å². The minimum Gasteiger partial charge on any atom is -0.396 e. The zero-order valence-electron chi connectivity index (χ0n) is 12.8. The lowest BCUT2D eigenvalue weighted by molar-refractivity contribution is 0.0752. The third-order valence-corrected chi connectivity index (χ3v) is 5.08. The number of carbonyl (C=O) groups excluding carboxylic acids is 1. The molecule has 0 atom stereocenters. The van der Waals surface area contributed by atoms with E-state index in [1.165, 1.54) is 11.3 Å². The van der Waals surface area contributed by atoms with Crippen molar-refractivity contribution in [3.05, 3.63) is 39.7 Å². The number of pyridine rings is 1. The van der Waals surface area contributed by atoms with Crippen LogP contribution >= 0.6 is 11.3 Å². The molecule has 2 aromatic heterocycles. The predicted molar refractivity (Wildman–Crippen MR) is 90.5 cm³/mol. The second-order valence-corrected chi connectivity index (χ2v) is 6.58. The fourth-order valence-corrected chi connectivity index (χ4v) is 3.68. The second-order valence-electron chi connectivity index (χ2n) is 5.36. The van der Waals surface area contributed by atoms with Gasteiger partial charge in [-0.1, -0.05) is 6.07 Å². The molecule has 1 saturated heterocycles. The molecule has 1 fully saturated rings. The number of hydrogen-bond donors (Lipinski definition) is 1. The molecule has 23 heavy (non-hydrogen) atoms. The van der Waals surface area contributed by atoms with E-state index in [4.69, 9.17) is 11.0 Å². The van der Waals surface area contributed by atoms with Crippen LogP contribution in [0.2, 0.25) is 0 Å². The zero-order valence-corrected chi connectivity index (χ0v) is 13.6. The molecule has 0 unspecified atom stereocenters. The fourth-order valence-electron chi connectivity index (χ4n) is 2.68. The highest BCUT2D eigenvalue weighted by Crippen LogP contribution is 2.31. The number of aryl methyl sites for hydroxylation is 1. The van der Waals surface area contributed by atoms with Crippen molar-refractivity contribution in [2.75, 3.05) is 36.8 Å². The number of aromatic nitrogens is 1. The molecule has 3 heterocycles. The monoisotopic (exact) mass is 327 g/mol. The number of nitrogen functional groups attached to an aromatic ring is 1. The van der Waals surface area contributed by atoms with Crippen LogP contribution in [0.1, 0.15) is 20.1 Å². The average Bonchev–Trinajstić information content (AvgIpc) is 2.89. The number of carbonyl (C=O) groups is 1. The zero-order chi connectivity index (χ0) is 16.4. The van der Waals surface area contributed by atoms with Gasteiger partial charge in [-0.25, -0.2) is 4.98 Å². The largest absolute Gasteiger partial charge is 0.396 e. The SMILES string of the molecule is Cc1sc(C(=O)N2CCN(c3ccccn3)CC2)c(N)c1C#N. The summed E-state index contributed by atoms with van der Waals surface area (Å²) in [6.07, 6.45) is 1.77. The molecular weight excluding hydrogens is 310 g/mol. The molecule has 1 aliphatic heterocycles. The first kappa shape index (κ1) is 15.3.